The lowest BCUT2D eigenvalue weighted by molar-refractivity contribution is -0.122. The van der Waals surface area contributed by atoms with Gasteiger partial charge in [-0.1, -0.05) is 67.1 Å². The summed E-state index contributed by atoms with van der Waals surface area (Å²) in [6.45, 7) is 1.69. The number of ether oxygens (including phenoxy) is 1. The van der Waals surface area contributed by atoms with Gasteiger partial charge in [0.15, 0.2) is 0 Å². The van der Waals surface area contributed by atoms with E-state index < -0.39 is 0 Å². The number of hydrogen-bond acceptors (Lipinski definition) is 3. The Morgan fingerprint density at radius 3 is 2.22 bits per heavy atom. The van der Waals surface area contributed by atoms with E-state index in [0.717, 1.165) is 49.8 Å². The lowest BCUT2D eigenvalue weighted by atomic mass is 10.1. The smallest absolute Gasteiger partial charge is 0.254 e. The molecule has 0 saturated heterocycles. The summed E-state index contributed by atoms with van der Waals surface area (Å²) in [6.07, 6.45) is 6.23. The number of benzene rings is 2. The van der Waals surface area contributed by atoms with Crippen LogP contribution in [-0.2, 0) is 16.1 Å². The number of methoxy groups -OCH3 is 1. The van der Waals surface area contributed by atoms with Gasteiger partial charge in [0.05, 0.1) is 0 Å². The van der Waals surface area contributed by atoms with Gasteiger partial charge in [-0.25, -0.2) is 0 Å². The second-order valence-corrected chi connectivity index (χ2v) is 8.99. The summed E-state index contributed by atoms with van der Waals surface area (Å²) < 4.78 is 5.12. The molecule has 1 aliphatic heterocycles. The Morgan fingerprint density at radius 1 is 0.906 bits per heavy atom. The monoisotopic (exact) mass is 476 g/mol. The molecule has 1 heterocycles. The highest BCUT2D eigenvalue weighted by atomic mass is 35.5. The number of anilines is 1. The zero-order chi connectivity index (χ0) is 22.9. The molecule has 32 heavy (non-hydrogen) atoms. The molecule has 0 unspecified atom stereocenters. The molecule has 0 atom stereocenters. The zero-order valence-electron chi connectivity index (χ0n) is 18.5. The van der Waals surface area contributed by atoms with Crippen LogP contribution >= 0.6 is 23.2 Å². The number of halogens is 2. The molecule has 0 fully saturated rings. The van der Waals surface area contributed by atoms with Gasteiger partial charge >= 0.3 is 0 Å². The number of rotatable bonds is 3. The first-order valence-electron chi connectivity index (χ1n) is 11.1. The van der Waals surface area contributed by atoms with Crippen LogP contribution < -0.4 is 4.90 Å². The predicted octanol–water partition coefficient (Wildman–Crippen LogP) is 5.97. The normalized spacial score (nSPS) is 15.8. The standard InChI is InChI=1S/C25H30Cl2N2O3/c1-32-18-24(30)29-13-9-5-3-2-4-8-12-28(17-19-10-6-7-11-23(19)29)25(31)20-14-21(26)16-22(27)15-20/h6-7,10-11,14-16H,2-5,8-9,12-13,17-18H2,1H3. The molecular formula is C25H30Cl2N2O3. The van der Waals surface area contributed by atoms with Crippen molar-refractivity contribution in [2.24, 2.45) is 0 Å². The van der Waals surface area contributed by atoms with Crippen molar-refractivity contribution in [3.8, 4) is 0 Å². The second-order valence-electron chi connectivity index (χ2n) is 8.11. The van der Waals surface area contributed by atoms with Gasteiger partial charge in [-0.2, -0.15) is 0 Å². The van der Waals surface area contributed by atoms with Crippen molar-refractivity contribution < 1.29 is 14.3 Å². The molecule has 172 valence electrons. The summed E-state index contributed by atoms with van der Waals surface area (Å²) in [4.78, 5) is 29.9. The summed E-state index contributed by atoms with van der Waals surface area (Å²) >= 11 is 12.3. The SMILES string of the molecule is COCC(=O)N1CCCCCCCCN(C(=O)c2cc(Cl)cc(Cl)c2)Cc2ccccc21. The maximum atomic E-state index is 13.4. The molecule has 2 aromatic rings. The number of carbonyl (C=O) groups is 2. The second kappa shape index (κ2) is 12.2. The fourth-order valence-electron chi connectivity index (χ4n) is 4.09. The van der Waals surface area contributed by atoms with Crippen molar-refractivity contribution in [2.45, 2.75) is 45.1 Å². The van der Waals surface area contributed by atoms with Crippen molar-refractivity contribution in [2.75, 3.05) is 31.7 Å². The largest absolute Gasteiger partial charge is 0.375 e. The Morgan fingerprint density at radius 2 is 1.53 bits per heavy atom. The molecule has 2 aromatic carbocycles. The molecule has 0 saturated carbocycles. The number of carbonyl (C=O) groups excluding carboxylic acids is 2. The predicted molar refractivity (Wildman–Crippen MR) is 130 cm³/mol. The quantitative estimate of drug-likeness (QED) is 0.548. The van der Waals surface area contributed by atoms with Gasteiger partial charge in [0.2, 0.25) is 0 Å². The highest BCUT2D eigenvalue weighted by Crippen LogP contribution is 2.26. The van der Waals surface area contributed by atoms with E-state index in [1.165, 1.54) is 7.11 Å². The summed E-state index contributed by atoms with van der Waals surface area (Å²) in [5.41, 5.74) is 2.23. The topological polar surface area (TPSA) is 49.9 Å². The van der Waals surface area contributed by atoms with E-state index in [9.17, 15) is 9.59 Å². The summed E-state index contributed by atoms with van der Waals surface area (Å²) in [5.74, 6) is -0.192. The van der Waals surface area contributed by atoms with Gasteiger partial charge in [0.1, 0.15) is 6.61 Å². The minimum atomic E-state index is -0.117. The van der Waals surface area contributed by atoms with Crippen LogP contribution in [0.15, 0.2) is 42.5 Å². The van der Waals surface area contributed by atoms with E-state index >= 15 is 0 Å². The summed E-state index contributed by atoms with van der Waals surface area (Å²) in [5, 5.41) is 0.867. The average molecular weight is 477 g/mol. The van der Waals surface area contributed by atoms with Crippen molar-refractivity contribution in [3.05, 3.63) is 63.6 Å². The first kappa shape index (κ1) is 24.6. The van der Waals surface area contributed by atoms with Crippen molar-refractivity contribution >= 4 is 40.7 Å². The number of nitrogens with zero attached hydrogens (tertiary/aromatic N) is 2. The Hall–Kier alpha value is -2.08. The lowest BCUT2D eigenvalue weighted by Gasteiger charge is -2.28. The minimum Gasteiger partial charge on any atom is -0.375 e. The molecular weight excluding hydrogens is 447 g/mol. The van der Waals surface area contributed by atoms with Gasteiger partial charge in [-0.15, -0.1) is 0 Å². The minimum absolute atomic E-state index is 0.0258. The van der Waals surface area contributed by atoms with Gasteiger partial charge in [-0.05, 0) is 42.7 Å². The Balaban J connectivity index is 1.96. The van der Waals surface area contributed by atoms with Crippen LogP contribution in [0.25, 0.3) is 0 Å². The molecule has 7 heteroatoms. The van der Waals surface area contributed by atoms with E-state index in [1.54, 1.807) is 23.1 Å². The molecule has 5 nitrogen and oxygen atoms in total. The van der Waals surface area contributed by atoms with Gasteiger partial charge in [0, 0.05) is 48.0 Å². The maximum absolute atomic E-state index is 13.4. The van der Waals surface area contributed by atoms with Crippen LogP contribution in [0.3, 0.4) is 0 Å². The third-order valence-electron chi connectivity index (χ3n) is 5.67. The Bertz CT molecular complexity index is 915. The third-order valence-corrected chi connectivity index (χ3v) is 6.11. The van der Waals surface area contributed by atoms with Crippen molar-refractivity contribution in [1.82, 2.24) is 4.90 Å². The molecule has 0 bridgehead atoms. The van der Waals surface area contributed by atoms with E-state index in [4.69, 9.17) is 27.9 Å². The van der Waals surface area contributed by atoms with Crippen LogP contribution in [0, 0.1) is 0 Å². The summed E-state index contributed by atoms with van der Waals surface area (Å²) in [7, 11) is 1.53. The highest BCUT2D eigenvalue weighted by Gasteiger charge is 2.22. The van der Waals surface area contributed by atoms with E-state index in [1.807, 2.05) is 29.2 Å². The van der Waals surface area contributed by atoms with Crippen molar-refractivity contribution in [3.63, 3.8) is 0 Å². The Kier molecular flexibility index (Phi) is 9.39. The van der Waals surface area contributed by atoms with Crippen LogP contribution in [0.4, 0.5) is 5.69 Å². The van der Waals surface area contributed by atoms with Crippen LogP contribution in [-0.4, -0.2) is 43.5 Å². The van der Waals surface area contributed by atoms with Gasteiger partial charge in [0.25, 0.3) is 11.8 Å². The fourth-order valence-corrected chi connectivity index (χ4v) is 4.61. The van der Waals surface area contributed by atoms with Gasteiger partial charge in [-0.3, -0.25) is 9.59 Å². The first-order chi connectivity index (χ1) is 15.5. The van der Waals surface area contributed by atoms with Gasteiger partial charge < -0.3 is 14.5 Å². The van der Waals surface area contributed by atoms with Crippen molar-refractivity contribution in [1.29, 1.82) is 0 Å². The molecule has 0 radical (unpaired) electrons. The maximum Gasteiger partial charge on any atom is 0.254 e. The summed E-state index contributed by atoms with van der Waals surface area (Å²) in [6, 6.07) is 12.7. The molecule has 0 spiro atoms. The molecule has 2 amide bonds. The number of fused-ring (bicyclic) bond motifs is 1. The molecule has 3 rings (SSSR count). The van der Waals surface area contributed by atoms with Crippen LogP contribution in [0.1, 0.15) is 54.4 Å². The number of para-hydroxylation sites is 1. The highest BCUT2D eigenvalue weighted by molar-refractivity contribution is 6.35. The zero-order valence-corrected chi connectivity index (χ0v) is 20.0. The van der Waals surface area contributed by atoms with E-state index in [-0.39, 0.29) is 18.4 Å². The van der Waals surface area contributed by atoms with E-state index in [2.05, 4.69) is 0 Å². The fraction of sp³-hybridized carbons (Fsp3) is 0.440. The van der Waals surface area contributed by atoms with Crippen LogP contribution in [0.2, 0.25) is 10.0 Å². The average Bonchev–Trinajstić information content (AvgIpc) is 2.78. The van der Waals surface area contributed by atoms with Crippen LogP contribution in [0.5, 0.6) is 0 Å². The molecule has 0 aromatic heterocycles. The first-order valence-corrected chi connectivity index (χ1v) is 11.9. The lowest BCUT2D eigenvalue weighted by Crippen LogP contribution is -2.37. The molecule has 0 N–H and O–H groups in total. The number of amides is 2. The Labute approximate surface area is 200 Å². The van der Waals surface area contributed by atoms with E-state index in [0.29, 0.717) is 35.2 Å². The molecule has 0 aliphatic carbocycles. The third kappa shape index (κ3) is 6.71. The number of hydrogen-bond donors (Lipinski definition) is 0. The molecule has 1 aliphatic rings.